The molecule has 0 fully saturated rings. The summed E-state index contributed by atoms with van der Waals surface area (Å²) in [6.07, 6.45) is 12.0. The lowest BCUT2D eigenvalue weighted by atomic mass is 9.82. The molecule has 0 atom stereocenters. The lowest BCUT2D eigenvalue weighted by Crippen LogP contribution is -2.14. The van der Waals surface area contributed by atoms with Crippen LogP contribution in [0.15, 0.2) is 48.5 Å². The normalized spacial score (nSPS) is 15.1. The first-order valence-corrected chi connectivity index (χ1v) is 20.3. The minimum absolute atomic E-state index is 0.0556. The molecule has 8 bridgehead atoms. The number of hydrogen-bond acceptors (Lipinski definition) is 4. The van der Waals surface area contributed by atoms with Gasteiger partial charge in [0.25, 0.3) is 0 Å². The minimum Gasteiger partial charge on any atom is -0.496 e. The molecule has 0 radical (unpaired) electrons. The molecule has 0 N–H and O–H groups in total. The van der Waals surface area contributed by atoms with Gasteiger partial charge < -0.3 is 18.9 Å². The fraction of sp³-hybridized carbons (Fsp3) is 0.462. The number of aryl methyl sites for hydroxylation is 4. The Morgan fingerprint density at radius 2 is 0.482 bits per heavy atom. The molecular formula is C52H68O4. The predicted octanol–water partition coefficient (Wildman–Crippen LogP) is 13.1. The van der Waals surface area contributed by atoms with Gasteiger partial charge in [-0.2, -0.15) is 0 Å². The fourth-order valence-corrected chi connectivity index (χ4v) is 7.72. The molecule has 0 unspecified atom stereocenters. The van der Waals surface area contributed by atoms with Crippen LogP contribution in [0.1, 0.15) is 150 Å². The van der Waals surface area contributed by atoms with E-state index in [1.54, 1.807) is 28.4 Å². The standard InChI is InChI=1S/C52H68O4/c1-49(2,3)41-25-33-17-19-35-27-42(50(4,5)6)29-37(46(35)54-14)21-23-39-31-44(52(10,11)12)32-40(48(39)56-16)24-22-38-30-43(51(7,8)9)28-36(47(38)55-15)20-18-34(26-41)45(33)53-13/h17,19,22,24-32H,18,20-21,23H2,1-16H3/b19-17-,24-22-. The van der Waals surface area contributed by atoms with Crippen LogP contribution in [0.3, 0.4) is 0 Å². The second-order valence-electron chi connectivity index (χ2n) is 19.7. The molecule has 0 saturated heterocycles. The average molecular weight is 757 g/mol. The summed E-state index contributed by atoms with van der Waals surface area (Å²) < 4.78 is 25.1. The van der Waals surface area contributed by atoms with Crippen LogP contribution in [0.2, 0.25) is 0 Å². The van der Waals surface area contributed by atoms with Gasteiger partial charge in [0.1, 0.15) is 23.0 Å². The van der Waals surface area contributed by atoms with Crippen molar-refractivity contribution in [2.45, 2.75) is 130 Å². The van der Waals surface area contributed by atoms with Gasteiger partial charge in [-0.05, 0) is 116 Å². The van der Waals surface area contributed by atoms with Crippen molar-refractivity contribution in [2.75, 3.05) is 28.4 Å². The van der Waals surface area contributed by atoms with Gasteiger partial charge in [0, 0.05) is 22.3 Å². The Hall–Kier alpha value is -4.44. The van der Waals surface area contributed by atoms with E-state index in [2.05, 4.69) is 156 Å². The van der Waals surface area contributed by atoms with Gasteiger partial charge in [-0.1, -0.05) is 132 Å². The van der Waals surface area contributed by atoms with E-state index in [9.17, 15) is 0 Å². The molecule has 4 aromatic carbocycles. The molecule has 4 nitrogen and oxygen atoms in total. The third kappa shape index (κ3) is 9.39. The zero-order valence-electron chi connectivity index (χ0n) is 37.4. The highest BCUT2D eigenvalue weighted by molar-refractivity contribution is 5.79. The molecule has 4 aromatic rings. The Morgan fingerprint density at radius 1 is 0.304 bits per heavy atom. The van der Waals surface area contributed by atoms with Gasteiger partial charge in [0.2, 0.25) is 0 Å². The smallest absolute Gasteiger partial charge is 0.129 e. The van der Waals surface area contributed by atoms with E-state index in [4.69, 9.17) is 18.9 Å². The zero-order chi connectivity index (χ0) is 41.4. The first-order valence-electron chi connectivity index (χ1n) is 20.3. The maximum absolute atomic E-state index is 6.28. The van der Waals surface area contributed by atoms with Gasteiger partial charge in [0.15, 0.2) is 0 Å². The van der Waals surface area contributed by atoms with Gasteiger partial charge in [-0.3, -0.25) is 0 Å². The molecule has 0 saturated carbocycles. The van der Waals surface area contributed by atoms with Crippen LogP contribution in [0, 0.1) is 0 Å². The Kier molecular flexibility index (Phi) is 12.4. The van der Waals surface area contributed by atoms with Gasteiger partial charge in [-0.25, -0.2) is 0 Å². The summed E-state index contributed by atoms with van der Waals surface area (Å²) in [6.45, 7) is 27.4. The Bertz CT molecular complexity index is 1810. The van der Waals surface area contributed by atoms with Crippen molar-refractivity contribution in [3.05, 3.63) is 115 Å². The van der Waals surface area contributed by atoms with Crippen molar-refractivity contribution in [3.63, 3.8) is 0 Å². The molecule has 1 aliphatic rings. The summed E-state index contributed by atoms with van der Waals surface area (Å²) >= 11 is 0. The van der Waals surface area contributed by atoms with Gasteiger partial charge >= 0.3 is 0 Å². The van der Waals surface area contributed by atoms with E-state index < -0.39 is 0 Å². The highest BCUT2D eigenvalue weighted by Gasteiger charge is 2.25. The van der Waals surface area contributed by atoms with Crippen LogP contribution in [0.4, 0.5) is 0 Å². The molecule has 4 heteroatoms. The molecule has 1 aliphatic carbocycles. The van der Waals surface area contributed by atoms with Crippen molar-refractivity contribution < 1.29 is 18.9 Å². The molecule has 0 spiro atoms. The highest BCUT2D eigenvalue weighted by Crippen LogP contribution is 2.41. The second kappa shape index (κ2) is 16.2. The monoisotopic (exact) mass is 757 g/mol. The van der Waals surface area contributed by atoms with E-state index >= 15 is 0 Å². The van der Waals surface area contributed by atoms with E-state index in [0.29, 0.717) is 0 Å². The Morgan fingerprint density at radius 3 is 0.625 bits per heavy atom. The van der Waals surface area contributed by atoms with Crippen molar-refractivity contribution in [3.8, 4) is 23.0 Å². The topological polar surface area (TPSA) is 36.9 Å². The summed E-state index contributed by atoms with van der Waals surface area (Å²) in [5, 5.41) is 0. The zero-order valence-corrected chi connectivity index (χ0v) is 37.4. The first kappa shape index (κ1) is 42.7. The molecule has 0 amide bonds. The fourth-order valence-electron chi connectivity index (χ4n) is 7.72. The maximum atomic E-state index is 6.28. The number of hydrogen-bond donors (Lipinski definition) is 0. The SMILES string of the molecule is COc1c2cc(C(C)(C)C)cc1CCc1cc(C(C)(C)C)cc(c1OC)/C=C\c1cc(C(C)(C)C)cc(c1OC)CCc1cc(C(C)(C)C)cc(c1OC)/C=C\2. The van der Waals surface area contributed by atoms with Crippen LogP contribution in [-0.2, 0) is 47.3 Å². The predicted molar refractivity (Wildman–Crippen MR) is 239 cm³/mol. The number of methoxy groups -OCH3 is 4. The summed E-state index contributed by atoms with van der Waals surface area (Å²) in [5.41, 5.74) is 13.8. The summed E-state index contributed by atoms with van der Waals surface area (Å²) in [4.78, 5) is 0. The summed E-state index contributed by atoms with van der Waals surface area (Å²) in [7, 11) is 7.17. The molecular weight excluding hydrogens is 689 g/mol. The average Bonchev–Trinajstić information content (AvgIpc) is 3.11. The summed E-state index contributed by atoms with van der Waals surface area (Å²) in [5.74, 6) is 3.62. The number of benzene rings is 4. The third-order valence-electron chi connectivity index (χ3n) is 11.3. The van der Waals surface area contributed by atoms with Crippen molar-refractivity contribution in [1.82, 2.24) is 0 Å². The highest BCUT2D eigenvalue weighted by atomic mass is 16.5. The molecule has 56 heavy (non-hydrogen) atoms. The molecule has 0 aromatic heterocycles. The van der Waals surface area contributed by atoms with Crippen molar-refractivity contribution in [2.24, 2.45) is 0 Å². The van der Waals surface area contributed by atoms with Crippen LogP contribution in [-0.4, -0.2) is 28.4 Å². The van der Waals surface area contributed by atoms with Crippen molar-refractivity contribution in [1.29, 1.82) is 0 Å². The quantitative estimate of drug-likeness (QED) is 0.208. The lowest BCUT2D eigenvalue weighted by molar-refractivity contribution is 0.403. The van der Waals surface area contributed by atoms with E-state index in [1.807, 2.05) is 0 Å². The first-order chi connectivity index (χ1) is 26.1. The van der Waals surface area contributed by atoms with Gasteiger partial charge in [-0.15, -0.1) is 0 Å². The second-order valence-corrected chi connectivity index (χ2v) is 19.7. The number of rotatable bonds is 4. The molecule has 5 rings (SSSR count). The van der Waals surface area contributed by atoms with Crippen LogP contribution < -0.4 is 18.9 Å². The number of fused-ring (bicyclic) bond motifs is 8. The summed E-state index contributed by atoms with van der Waals surface area (Å²) in [6, 6.07) is 18.5. The maximum Gasteiger partial charge on any atom is 0.129 e. The third-order valence-corrected chi connectivity index (χ3v) is 11.3. The lowest BCUT2D eigenvalue weighted by Gasteiger charge is -2.25. The van der Waals surface area contributed by atoms with Gasteiger partial charge in [0.05, 0.1) is 28.4 Å². The largest absolute Gasteiger partial charge is 0.496 e. The van der Waals surface area contributed by atoms with E-state index in [-0.39, 0.29) is 21.7 Å². The number of ether oxygens (including phenoxy) is 4. The van der Waals surface area contributed by atoms with Crippen LogP contribution in [0.5, 0.6) is 23.0 Å². The minimum atomic E-state index is -0.0556. The van der Waals surface area contributed by atoms with E-state index in [0.717, 1.165) is 70.9 Å². The molecule has 300 valence electrons. The van der Waals surface area contributed by atoms with Crippen LogP contribution >= 0.6 is 0 Å². The van der Waals surface area contributed by atoms with Crippen LogP contribution in [0.25, 0.3) is 24.3 Å². The van der Waals surface area contributed by atoms with Crippen molar-refractivity contribution >= 4 is 24.3 Å². The molecule has 0 heterocycles. The Balaban J connectivity index is 1.87. The Labute approximate surface area is 339 Å². The molecule has 0 aliphatic heterocycles. The van der Waals surface area contributed by atoms with E-state index in [1.165, 1.54) is 44.5 Å².